The molecule has 1 saturated heterocycles. The van der Waals surface area contributed by atoms with Crippen LogP contribution in [0.1, 0.15) is 27.4 Å². The number of aliphatic hydroxyl groups excluding tert-OH is 2. The Morgan fingerprint density at radius 2 is 1.81 bits per heavy atom. The van der Waals surface area contributed by atoms with Gasteiger partial charge >= 0.3 is 5.97 Å². The van der Waals surface area contributed by atoms with Gasteiger partial charge in [-0.3, -0.25) is 4.90 Å². The van der Waals surface area contributed by atoms with Crippen LogP contribution in [0, 0.1) is 5.92 Å². The highest BCUT2D eigenvalue weighted by Crippen LogP contribution is 2.34. The predicted octanol–water partition coefficient (Wildman–Crippen LogP) is 2.04. The van der Waals surface area contributed by atoms with Gasteiger partial charge in [-0.05, 0) is 23.3 Å². The van der Waals surface area contributed by atoms with Crippen molar-refractivity contribution >= 4 is 5.97 Å². The van der Waals surface area contributed by atoms with Crippen molar-refractivity contribution < 1.29 is 19.7 Å². The summed E-state index contributed by atoms with van der Waals surface area (Å²) in [6, 6.07) is 17.2. The first-order valence-corrected chi connectivity index (χ1v) is 8.86. The number of hydrogen-bond acceptors (Lipinski definition) is 5. The van der Waals surface area contributed by atoms with Gasteiger partial charge in [0.2, 0.25) is 0 Å². The Labute approximate surface area is 153 Å². The van der Waals surface area contributed by atoms with E-state index in [4.69, 9.17) is 4.74 Å². The first-order valence-electron chi connectivity index (χ1n) is 8.86. The van der Waals surface area contributed by atoms with Crippen molar-refractivity contribution in [2.75, 3.05) is 26.8 Å². The molecular weight excluding hydrogens is 330 g/mol. The van der Waals surface area contributed by atoms with Gasteiger partial charge in [0.25, 0.3) is 0 Å². The van der Waals surface area contributed by atoms with Crippen LogP contribution < -0.4 is 0 Å². The van der Waals surface area contributed by atoms with Crippen molar-refractivity contribution in [2.45, 2.75) is 18.6 Å². The molecule has 1 aliphatic rings. The van der Waals surface area contributed by atoms with Gasteiger partial charge in [-0.25, -0.2) is 4.79 Å². The van der Waals surface area contributed by atoms with E-state index in [2.05, 4.69) is 17.0 Å². The third-order valence-corrected chi connectivity index (χ3v) is 5.06. The largest absolute Gasteiger partial charge is 0.465 e. The van der Waals surface area contributed by atoms with E-state index in [1.54, 1.807) is 12.1 Å². The average Bonchev–Trinajstić information content (AvgIpc) is 2.68. The van der Waals surface area contributed by atoms with Gasteiger partial charge in [0.05, 0.1) is 18.8 Å². The molecule has 26 heavy (non-hydrogen) atoms. The molecule has 3 atom stereocenters. The van der Waals surface area contributed by atoms with Crippen molar-refractivity contribution in [2.24, 2.45) is 5.92 Å². The smallest absolute Gasteiger partial charge is 0.337 e. The molecule has 1 fully saturated rings. The summed E-state index contributed by atoms with van der Waals surface area (Å²) >= 11 is 0. The summed E-state index contributed by atoms with van der Waals surface area (Å²) < 4.78 is 4.72. The molecule has 0 saturated carbocycles. The van der Waals surface area contributed by atoms with Gasteiger partial charge in [0, 0.05) is 38.1 Å². The Hall–Kier alpha value is -2.21. The summed E-state index contributed by atoms with van der Waals surface area (Å²) in [6.45, 7) is 2.02. The highest BCUT2D eigenvalue weighted by Gasteiger charge is 2.36. The molecule has 0 aromatic heterocycles. The number of nitrogens with zero attached hydrogens (tertiary/aromatic N) is 1. The zero-order chi connectivity index (χ0) is 18.5. The number of aliphatic hydroxyl groups is 2. The van der Waals surface area contributed by atoms with Crippen LogP contribution in [0.5, 0.6) is 0 Å². The number of piperidine rings is 1. The molecule has 138 valence electrons. The second-order valence-electron chi connectivity index (χ2n) is 6.83. The molecule has 0 amide bonds. The number of ether oxygens (including phenoxy) is 1. The van der Waals surface area contributed by atoms with Crippen LogP contribution in [0.3, 0.4) is 0 Å². The van der Waals surface area contributed by atoms with Crippen molar-refractivity contribution in [1.29, 1.82) is 0 Å². The number of esters is 1. The number of methoxy groups -OCH3 is 1. The molecule has 1 heterocycles. The topological polar surface area (TPSA) is 70.0 Å². The third kappa shape index (κ3) is 4.12. The minimum Gasteiger partial charge on any atom is -0.465 e. The number of carbonyl (C=O) groups is 1. The molecule has 3 rings (SSSR count). The fraction of sp³-hybridized carbons (Fsp3) is 0.381. The number of rotatable bonds is 5. The Kier molecular flexibility index (Phi) is 6.04. The standard InChI is InChI=1S/C21H25NO4/c1-26-21(25)17-9-7-16(8-10-17)20-18(14-23)12-22(13-19(20)24)11-15-5-3-2-4-6-15/h2-10,18-20,23-24H,11-14H2,1H3. The van der Waals surface area contributed by atoms with Crippen molar-refractivity contribution in [1.82, 2.24) is 4.90 Å². The van der Waals surface area contributed by atoms with Crippen molar-refractivity contribution in [3.05, 3.63) is 71.3 Å². The SMILES string of the molecule is COC(=O)c1ccc(C2C(O)CN(Cc3ccccc3)CC2CO)cc1. The van der Waals surface area contributed by atoms with Gasteiger partial charge in [0.1, 0.15) is 0 Å². The molecule has 2 aromatic rings. The first kappa shape index (κ1) is 18.6. The van der Waals surface area contributed by atoms with E-state index in [1.807, 2.05) is 30.3 Å². The summed E-state index contributed by atoms with van der Waals surface area (Å²) in [5.74, 6) is -0.598. The fourth-order valence-corrected chi connectivity index (χ4v) is 3.81. The molecule has 0 spiro atoms. The van der Waals surface area contributed by atoms with Crippen LogP contribution in [0.4, 0.5) is 0 Å². The number of β-amino-alcohol motifs (C(OH)–C–C–N with tert-alkyl or cyclic N) is 1. The van der Waals surface area contributed by atoms with Crippen LogP contribution >= 0.6 is 0 Å². The molecular formula is C21H25NO4. The number of likely N-dealkylation sites (tertiary alicyclic amines) is 1. The maximum atomic E-state index is 11.6. The summed E-state index contributed by atoms with van der Waals surface area (Å²) in [7, 11) is 1.35. The van der Waals surface area contributed by atoms with Crippen molar-refractivity contribution in [3.8, 4) is 0 Å². The van der Waals surface area contributed by atoms with E-state index in [9.17, 15) is 15.0 Å². The molecule has 2 aromatic carbocycles. The molecule has 0 radical (unpaired) electrons. The molecule has 5 nitrogen and oxygen atoms in total. The second-order valence-corrected chi connectivity index (χ2v) is 6.83. The Balaban J connectivity index is 1.73. The van der Waals surface area contributed by atoms with Crippen LogP contribution in [0.2, 0.25) is 0 Å². The first-order chi connectivity index (χ1) is 12.6. The summed E-state index contributed by atoms with van der Waals surface area (Å²) in [5.41, 5.74) is 2.61. The van der Waals surface area contributed by atoms with Crippen LogP contribution in [-0.4, -0.2) is 54.0 Å². The lowest BCUT2D eigenvalue weighted by atomic mass is 9.78. The maximum absolute atomic E-state index is 11.6. The summed E-state index contributed by atoms with van der Waals surface area (Å²) in [4.78, 5) is 13.8. The quantitative estimate of drug-likeness (QED) is 0.804. The van der Waals surface area contributed by atoms with E-state index >= 15 is 0 Å². The predicted molar refractivity (Wildman–Crippen MR) is 98.8 cm³/mol. The lowest BCUT2D eigenvalue weighted by Crippen LogP contribution is -2.48. The number of carbonyl (C=O) groups excluding carboxylic acids is 1. The Bertz CT molecular complexity index is 717. The van der Waals surface area contributed by atoms with Gasteiger partial charge in [0.15, 0.2) is 0 Å². The fourth-order valence-electron chi connectivity index (χ4n) is 3.81. The van der Waals surface area contributed by atoms with Crippen molar-refractivity contribution in [3.63, 3.8) is 0 Å². The lowest BCUT2D eigenvalue weighted by Gasteiger charge is -2.41. The maximum Gasteiger partial charge on any atom is 0.337 e. The molecule has 0 aliphatic carbocycles. The zero-order valence-corrected chi connectivity index (χ0v) is 14.9. The number of hydrogen-bond donors (Lipinski definition) is 2. The van der Waals surface area contributed by atoms with E-state index in [1.165, 1.54) is 12.7 Å². The van der Waals surface area contributed by atoms with Crippen LogP contribution in [0.15, 0.2) is 54.6 Å². The highest BCUT2D eigenvalue weighted by atomic mass is 16.5. The van der Waals surface area contributed by atoms with Gasteiger partial charge in [-0.15, -0.1) is 0 Å². The summed E-state index contributed by atoms with van der Waals surface area (Å²) in [6.07, 6.45) is -0.575. The molecule has 2 N–H and O–H groups in total. The van der Waals surface area contributed by atoms with Gasteiger partial charge < -0.3 is 14.9 Å². The minimum absolute atomic E-state index is 0.00572. The Morgan fingerprint density at radius 1 is 1.12 bits per heavy atom. The second kappa shape index (κ2) is 8.45. The monoisotopic (exact) mass is 355 g/mol. The average molecular weight is 355 g/mol. The molecule has 1 aliphatic heterocycles. The molecule has 0 bridgehead atoms. The normalized spacial score (nSPS) is 23.6. The highest BCUT2D eigenvalue weighted by molar-refractivity contribution is 5.89. The minimum atomic E-state index is -0.575. The third-order valence-electron chi connectivity index (χ3n) is 5.06. The molecule has 3 unspecified atom stereocenters. The van der Waals surface area contributed by atoms with E-state index in [0.717, 1.165) is 12.1 Å². The van der Waals surface area contributed by atoms with E-state index in [-0.39, 0.29) is 24.4 Å². The lowest BCUT2D eigenvalue weighted by molar-refractivity contribution is -0.00340. The van der Waals surface area contributed by atoms with Crippen LogP contribution in [-0.2, 0) is 11.3 Å². The zero-order valence-electron chi connectivity index (χ0n) is 14.9. The summed E-state index contributed by atoms with van der Waals surface area (Å²) in [5, 5.41) is 20.6. The van der Waals surface area contributed by atoms with E-state index in [0.29, 0.717) is 18.7 Å². The Morgan fingerprint density at radius 3 is 2.42 bits per heavy atom. The van der Waals surface area contributed by atoms with Crippen LogP contribution in [0.25, 0.3) is 0 Å². The number of benzene rings is 2. The molecule has 5 heteroatoms. The van der Waals surface area contributed by atoms with E-state index < -0.39 is 6.10 Å². The van der Waals surface area contributed by atoms with Gasteiger partial charge in [-0.2, -0.15) is 0 Å². The van der Waals surface area contributed by atoms with Gasteiger partial charge in [-0.1, -0.05) is 42.5 Å².